The van der Waals surface area contributed by atoms with Crippen LogP contribution in [0.1, 0.15) is 44.9 Å². The normalized spacial score (nSPS) is 27.2. The topological polar surface area (TPSA) is 115 Å². The summed E-state index contributed by atoms with van der Waals surface area (Å²) >= 11 is 0. The number of likely N-dealkylation sites (tertiary alicyclic amines) is 1. The molecule has 3 aliphatic rings. The summed E-state index contributed by atoms with van der Waals surface area (Å²) in [6.07, 6.45) is 3.38. The monoisotopic (exact) mass is 405 g/mol. The Morgan fingerprint density at radius 1 is 1.24 bits per heavy atom. The Balaban J connectivity index is 1.56. The third-order valence-electron chi connectivity index (χ3n) is 6.11. The van der Waals surface area contributed by atoms with Gasteiger partial charge in [0.05, 0.1) is 12.0 Å². The summed E-state index contributed by atoms with van der Waals surface area (Å²) in [5.41, 5.74) is 3.00. The van der Waals surface area contributed by atoms with E-state index in [0.29, 0.717) is 32.4 Å². The van der Waals surface area contributed by atoms with Gasteiger partial charge >= 0.3 is 6.09 Å². The molecule has 0 aromatic rings. The van der Waals surface area contributed by atoms with Crippen LogP contribution in [0.3, 0.4) is 0 Å². The first-order valence-electron chi connectivity index (χ1n) is 10.6. The van der Waals surface area contributed by atoms with Gasteiger partial charge in [-0.2, -0.15) is 5.26 Å². The van der Waals surface area contributed by atoms with E-state index >= 15 is 0 Å². The second kappa shape index (κ2) is 10.0. The van der Waals surface area contributed by atoms with Crippen LogP contribution in [0, 0.1) is 23.2 Å². The molecule has 0 aromatic carbocycles. The number of hydrogen-bond acceptors (Lipinski definition) is 7. The van der Waals surface area contributed by atoms with Crippen molar-refractivity contribution in [1.82, 2.24) is 20.7 Å². The van der Waals surface area contributed by atoms with Crippen LogP contribution >= 0.6 is 0 Å². The number of rotatable bonds is 6. The second-order valence-electron chi connectivity index (χ2n) is 8.33. The van der Waals surface area contributed by atoms with Crippen LogP contribution in [0.15, 0.2) is 0 Å². The van der Waals surface area contributed by atoms with E-state index in [4.69, 9.17) is 4.74 Å². The number of carbonyl (C=O) groups excluding carboxylic acids is 3. The molecule has 160 valence electrons. The molecule has 9 nitrogen and oxygen atoms in total. The van der Waals surface area contributed by atoms with Gasteiger partial charge in [-0.15, -0.1) is 0 Å². The minimum Gasteiger partial charge on any atom is -0.445 e. The smallest absolute Gasteiger partial charge is 0.425 e. The Kier molecular flexibility index (Phi) is 7.45. The highest BCUT2D eigenvalue weighted by molar-refractivity contribution is 5.88. The molecular formula is C20H31N5O4. The maximum absolute atomic E-state index is 12.9. The molecule has 3 aliphatic heterocycles. The van der Waals surface area contributed by atoms with E-state index in [0.717, 1.165) is 32.4 Å². The maximum Gasteiger partial charge on any atom is 0.425 e. The number of ether oxygens (including phenoxy) is 1. The fourth-order valence-corrected chi connectivity index (χ4v) is 4.31. The Hall–Kier alpha value is -2.18. The highest BCUT2D eigenvalue weighted by atomic mass is 16.6. The third-order valence-corrected chi connectivity index (χ3v) is 6.11. The molecule has 2 N–H and O–H groups in total. The van der Waals surface area contributed by atoms with Gasteiger partial charge in [0.25, 0.3) is 0 Å². The van der Waals surface area contributed by atoms with Gasteiger partial charge < -0.3 is 15.0 Å². The van der Waals surface area contributed by atoms with Crippen molar-refractivity contribution in [3.8, 4) is 6.07 Å². The molecular weight excluding hydrogens is 374 g/mol. The molecule has 0 saturated carbocycles. The molecule has 3 saturated heterocycles. The molecule has 0 radical (unpaired) electrons. The first kappa shape index (κ1) is 21.5. The Morgan fingerprint density at radius 2 is 2.00 bits per heavy atom. The van der Waals surface area contributed by atoms with Crippen LogP contribution in [0.25, 0.3) is 0 Å². The number of hydrazine groups is 1. The number of amides is 2. The van der Waals surface area contributed by atoms with Crippen molar-refractivity contribution < 1.29 is 19.1 Å². The van der Waals surface area contributed by atoms with Gasteiger partial charge in [0, 0.05) is 38.5 Å². The molecule has 0 aliphatic carbocycles. The first-order chi connectivity index (χ1) is 14.0. The number of ketones is 1. The lowest BCUT2D eigenvalue weighted by Crippen LogP contribution is -2.57. The van der Waals surface area contributed by atoms with Gasteiger partial charge in [0.15, 0.2) is 5.78 Å². The van der Waals surface area contributed by atoms with Crippen LogP contribution < -0.4 is 10.7 Å². The van der Waals surface area contributed by atoms with Crippen molar-refractivity contribution in [2.45, 2.75) is 57.1 Å². The van der Waals surface area contributed by atoms with E-state index in [1.54, 1.807) is 0 Å². The summed E-state index contributed by atoms with van der Waals surface area (Å²) in [6, 6.07) is 1.54. The summed E-state index contributed by atoms with van der Waals surface area (Å²) in [6.45, 7) is 2.99. The summed E-state index contributed by atoms with van der Waals surface area (Å²) in [5, 5.41) is 13.6. The van der Waals surface area contributed by atoms with Gasteiger partial charge in [-0.3, -0.25) is 9.59 Å². The number of piperidine rings is 1. The lowest BCUT2D eigenvalue weighted by molar-refractivity contribution is -0.128. The van der Waals surface area contributed by atoms with E-state index in [1.807, 2.05) is 7.05 Å². The number of nitrogens with one attached hydrogen (secondary N) is 2. The van der Waals surface area contributed by atoms with Gasteiger partial charge in [-0.1, -0.05) is 0 Å². The van der Waals surface area contributed by atoms with E-state index in [9.17, 15) is 19.6 Å². The summed E-state index contributed by atoms with van der Waals surface area (Å²) in [7, 11) is 2.04. The molecule has 3 atom stereocenters. The van der Waals surface area contributed by atoms with Crippen LogP contribution in [0.4, 0.5) is 4.79 Å². The molecule has 3 heterocycles. The third kappa shape index (κ3) is 5.67. The molecule has 3 unspecified atom stereocenters. The van der Waals surface area contributed by atoms with Crippen molar-refractivity contribution >= 4 is 17.8 Å². The Morgan fingerprint density at radius 3 is 2.66 bits per heavy atom. The standard InChI is InChI=1S/C20H31N5O4/c1-24-9-5-16(6-10-24)29-20(28)25-17(3-2-7-23-25)18(26)12-14(13-21)11-15-4-8-22-19(15)27/h14-17,23H,2-12H2,1H3,(H,22,27). The molecule has 0 aromatic heterocycles. The van der Waals surface area contributed by atoms with Gasteiger partial charge in [0.1, 0.15) is 12.1 Å². The predicted molar refractivity (Wildman–Crippen MR) is 104 cm³/mol. The van der Waals surface area contributed by atoms with Gasteiger partial charge in [-0.25, -0.2) is 15.2 Å². The van der Waals surface area contributed by atoms with E-state index in [-0.39, 0.29) is 30.1 Å². The predicted octanol–water partition coefficient (Wildman–Crippen LogP) is 0.811. The fraction of sp³-hybridized carbons (Fsp3) is 0.800. The van der Waals surface area contributed by atoms with Crippen molar-refractivity contribution in [2.75, 3.05) is 33.2 Å². The SMILES string of the molecule is CN1CCC(OC(=O)N2NCCCC2C(=O)CC(C#N)CC2CCNC2=O)CC1. The average molecular weight is 405 g/mol. The number of carbonyl (C=O) groups is 3. The Bertz CT molecular complexity index is 656. The maximum atomic E-state index is 12.9. The molecule has 2 amide bonds. The van der Waals surface area contributed by atoms with Gasteiger partial charge in [-0.05, 0) is 45.6 Å². The van der Waals surface area contributed by atoms with E-state index in [2.05, 4.69) is 21.7 Å². The van der Waals surface area contributed by atoms with Crippen molar-refractivity contribution in [2.24, 2.45) is 11.8 Å². The number of nitrogens with zero attached hydrogens (tertiary/aromatic N) is 3. The summed E-state index contributed by atoms with van der Waals surface area (Å²) in [5.74, 6) is -0.921. The number of nitriles is 1. The van der Waals surface area contributed by atoms with Crippen molar-refractivity contribution in [1.29, 1.82) is 5.26 Å². The molecule has 3 rings (SSSR count). The molecule has 0 bridgehead atoms. The second-order valence-corrected chi connectivity index (χ2v) is 8.33. The average Bonchev–Trinajstić information content (AvgIpc) is 3.13. The number of hydrogen-bond donors (Lipinski definition) is 2. The molecule has 3 fully saturated rings. The lowest BCUT2D eigenvalue weighted by Gasteiger charge is -2.36. The summed E-state index contributed by atoms with van der Waals surface area (Å²) < 4.78 is 5.64. The quantitative estimate of drug-likeness (QED) is 0.672. The van der Waals surface area contributed by atoms with Crippen LogP contribution in [0.5, 0.6) is 0 Å². The minimum atomic E-state index is -0.629. The highest BCUT2D eigenvalue weighted by Crippen LogP contribution is 2.24. The minimum absolute atomic E-state index is 0.0413. The van der Waals surface area contributed by atoms with E-state index < -0.39 is 18.1 Å². The highest BCUT2D eigenvalue weighted by Gasteiger charge is 2.36. The van der Waals surface area contributed by atoms with Gasteiger partial charge in [0.2, 0.25) is 5.91 Å². The lowest BCUT2D eigenvalue weighted by atomic mass is 9.88. The van der Waals surface area contributed by atoms with Crippen LogP contribution in [0.2, 0.25) is 0 Å². The molecule has 29 heavy (non-hydrogen) atoms. The number of Topliss-reactive ketones (excluding diaryl/α,β-unsaturated/α-hetero) is 1. The first-order valence-corrected chi connectivity index (χ1v) is 10.6. The van der Waals surface area contributed by atoms with Crippen molar-refractivity contribution in [3.63, 3.8) is 0 Å². The Labute approximate surface area is 171 Å². The van der Waals surface area contributed by atoms with Crippen LogP contribution in [-0.4, -0.2) is 73.1 Å². The van der Waals surface area contributed by atoms with E-state index in [1.165, 1.54) is 5.01 Å². The summed E-state index contributed by atoms with van der Waals surface area (Å²) in [4.78, 5) is 39.6. The van der Waals surface area contributed by atoms with Crippen molar-refractivity contribution in [3.05, 3.63) is 0 Å². The zero-order valence-corrected chi connectivity index (χ0v) is 17.1. The molecule has 0 spiro atoms. The zero-order chi connectivity index (χ0) is 20.8. The zero-order valence-electron chi connectivity index (χ0n) is 17.1. The molecule has 9 heteroatoms. The fourth-order valence-electron chi connectivity index (χ4n) is 4.31. The van der Waals surface area contributed by atoms with Crippen LogP contribution in [-0.2, 0) is 14.3 Å². The largest absolute Gasteiger partial charge is 0.445 e.